The van der Waals surface area contributed by atoms with Crippen molar-refractivity contribution in [3.05, 3.63) is 48.4 Å². The van der Waals surface area contributed by atoms with Gasteiger partial charge in [-0.25, -0.2) is 23.0 Å². The zero-order valence-corrected chi connectivity index (χ0v) is 17.3. The lowest BCUT2D eigenvalue weighted by Crippen LogP contribution is -2.57. The average Bonchev–Trinajstić information content (AvgIpc) is 3.01. The summed E-state index contributed by atoms with van der Waals surface area (Å²) in [6.45, 7) is 3.73. The summed E-state index contributed by atoms with van der Waals surface area (Å²) in [5.74, 6) is -0.383. The molecule has 2 heterocycles. The molecule has 12 heteroatoms. The Bertz CT molecular complexity index is 1070. The van der Waals surface area contributed by atoms with Gasteiger partial charge in [0, 0.05) is 12.5 Å². The van der Waals surface area contributed by atoms with Crippen molar-refractivity contribution in [1.82, 2.24) is 20.0 Å². The molecule has 3 rings (SSSR count). The van der Waals surface area contributed by atoms with E-state index in [9.17, 15) is 21.6 Å². The van der Waals surface area contributed by atoms with Crippen LogP contribution >= 0.6 is 0 Å². The third-order valence-electron chi connectivity index (χ3n) is 4.42. The number of aromatic nitrogens is 2. The van der Waals surface area contributed by atoms with E-state index < -0.39 is 22.3 Å². The van der Waals surface area contributed by atoms with Crippen molar-refractivity contribution < 1.29 is 21.6 Å². The summed E-state index contributed by atoms with van der Waals surface area (Å²) < 4.78 is 65.6. The number of likely N-dealkylation sites (N-methyl/N-ethyl adjacent to an activating group) is 1. The highest BCUT2D eigenvalue weighted by atomic mass is 32.2. The van der Waals surface area contributed by atoms with E-state index >= 15 is 0 Å². The molecule has 2 aromatic rings. The maximum Gasteiger partial charge on any atom is 0.488 e. The van der Waals surface area contributed by atoms with Gasteiger partial charge in [-0.2, -0.15) is 5.10 Å². The maximum atomic E-state index is 13.6. The third kappa shape index (κ3) is 4.49. The highest BCUT2D eigenvalue weighted by Crippen LogP contribution is 2.28. The molecule has 0 saturated carbocycles. The molecule has 0 radical (unpaired) electrons. The van der Waals surface area contributed by atoms with Gasteiger partial charge in [-0.05, 0) is 43.8 Å². The van der Waals surface area contributed by atoms with Crippen molar-refractivity contribution in [1.29, 1.82) is 0 Å². The van der Waals surface area contributed by atoms with Crippen LogP contribution in [0.25, 0.3) is 5.69 Å². The number of sulfone groups is 1. The van der Waals surface area contributed by atoms with E-state index in [4.69, 9.17) is 0 Å². The van der Waals surface area contributed by atoms with Crippen molar-refractivity contribution in [2.45, 2.75) is 31.2 Å². The number of rotatable bonds is 5. The van der Waals surface area contributed by atoms with Crippen LogP contribution in [0.2, 0.25) is 0 Å². The molecular weight excluding hydrogens is 421 g/mol. The predicted octanol–water partition coefficient (Wildman–Crippen LogP) is 2.64. The summed E-state index contributed by atoms with van der Waals surface area (Å²) in [7, 11) is -3.34. The zero-order chi connectivity index (χ0) is 22.1. The minimum Gasteiger partial charge on any atom is -0.323 e. The van der Waals surface area contributed by atoms with Gasteiger partial charge in [-0.15, -0.1) is 13.2 Å². The molecule has 1 aliphatic rings. The Kier molecular flexibility index (Phi) is 5.90. The molecule has 1 unspecified atom stereocenters. The second-order valence-electron chi connectivity index (χ2n) is 6.58. The number of anilines is 1. The smallest absolute Gasteiger partial charge is 0.323 e. The van der Waals surface area contributed by atoms with Crippen LogP contribution < -0.4 is 10.6 Å². The summed E-state index contributed by atoms with van der Waals surface area (Å²) in [6.07, 6.45) is -0.625. The van der Waals surface area contributed by atoms with Gasteiger partial charge in [0.15, 0.2) is 9.84 Å². The van der Waals surface area contributed by atoms with Crippen LogP contribution in [-0.2, 0) is 9.84 Å². The monoisotopic (exact) mass is 442 g/mol. The van der Waals surface area contributed by atoms with Gasteiger partial charge in [0.05, 0.1) is 28.2 Å². The first kappa shape index (κ1) is 21.8. The molecule has 0 saturated heterocycles. The third-order valence-corrected chi connectivity index (χ3v) is 5.55. The van der Waals surface area contributed by atoms with Crippen LogP contribution in [0.5, 0.6) is 0 Å². The molecule has 1 aliphatic heterocycles. The Morgan fingerprint density at radius 3 is 2.43 bits per heavy atom. The summed E-state index contributed by atoms with van der Waals surface area (Å²) in [6, 6.07) is 6.04. The van der Waals surface area contributed by atoms with E-state index in [-0.39, 0.29) is 15.8 Å². The number of halogens is 3. The molecule has 30 heavy (non-hydrogen) atoms. The van der Waals surface area contributed by atoms with E-state index in [0.717, 1.165) is 6.26 Å². The number of alkyl halides is 3. The lowest BCUT2D eigenvalue weighted by atomic mass is 10.3. The first-order valence-corrected chi connectivity index (χ1v) is 10.9. The number of benzene rings is 1. The Morgan fingerprint density at radius 1 is 1.20 bits per heavy atom. The van der Waals surface area contributed by atoms with Crippen LogP contribution in [0, 0.1) is 6.92 Å². The highest BCUT2D eigenvalue weighted by Gasteiger charge is 2.44. The van der Waals surface area contributed by atoms with E-state index in [2.05, 4.69) is 20.7 Å². The summed E-state index contributed by atoms with van der Waals surface area (Å²) in [5.41, 5.74) is 1.43. The number of aliphatic imine (C=N–C) groups is 1. The van der Waals surface area contributed by atoms with Crippen molar-refractivity contribution in [3.63, 3.8) is 0 Å². The Hall–Kier alpha value is -2.86. The molecule has 0 fully saturated rings. The van der Waals surface area contributed by atoms with Gasteiger partial charge in [-0.3, -0.25) is 5.32 Å². The minimum absolute atomic E-state index is 0.160. The van der Waals surface area contributed by atoms with Crippen LogP contribution in [-0.4, -0.2) is 54.3 Å². The van der Waals surface area contributed by atoms with Crippen molar-refractivity contribution >= 4 is 21.5 Å². The van der Waals surface area contributed by atoms with Crippen molar-refractivity contribution in [2.24, 2.45) is 4.99 Å². The molecular formula is C18H21F3N6O2S. The van der Waals surface area contributed by atoms with Gasteiger partial charge in [0.2, 0.25) is 5.96 Å². The lowest BCUT2D eigenvalue weighted by Gasteiger charge is -2.35. The van der Waals surface area contributed by atoms with Crippen LogP contribution in [0.4, 0.5) is 18.9 Å². The molecule has 0 aliphatic carbocycles. The number of hydrogen-bond acceptors (Lipinski definition) is 7. The topological polar surface area (TPSA) is 91.6 Å². The summed E-state index contributed by atoms with van der Waals surface area (Å²) >= 11 is 0. The molecule has 1 aromatic carbocycles. The fourth-order valence-corrected chi connectivity index (χ4v) is 3.59. The summed E-state index contributed by atoms with van der Waals surface area (Å²) in [5, 5.41) is 9.66. The molecule has 0 bridgehead atoms. The molecule has 0 amide bonds. The number of hydrogen-bond donors (Lipinski definition) is 2. The largest absolute Gasteiger partial charge is 0.488 e. The standard InChI is InChI=1S/C18H21F3N6O2S/c1-4-22-16-9-10-23-17(26(16)18(19,20)21)25-15-11-24-27(12(15)2)13-5-7-14(8-6-13)30(3,28)29/h5-11,16,22H,4H2,1-3H3,(H,23,25). The fourth-order valence-electron chi connectivity index (χ4n) is 2.96. The quantitative estimate of drug-likeness (QED) is 0.692. The molecule has 1 atom stereocenters. The Balaban J connectivity index is 1.89. The van der Waals surface area contributed by atoms with E-state index in [1.165, 1.54) is 35.3 Å². The summed E-state index contributed by atoms with van der Waals surface area (Å²) in [4.78, 5) is 4.22. The van der Waals surface area contributed by atoms with Crippen molar-refractivity contribution in [2.75, 3.05) is 18.1 Å². The fraction of sp³-hybridized carbons (Fsp3) is 0.333. The van der Waals surface area contributed by atoms with Gasteiger partial charge < -0.3 is 5.32 Å². The SMILES string of the molecule is CCNC1C=CN=C(Nc2cnn(-c3ccc(S(C)(=O)=O)cc3)c2C)N1C(F)(F)F. The van der Waals surface area contributed by atoms with Crippen LogP contribution in [0.1, 0.15) is 12.6 Å². The number of nitrogens with one attached hydrogen (secondary N) is 2. The van der Waals surface area contributed by atoms with Crippen LogP contribution in [0.3, 0.4) is 0 Å². The Morgan fingerprint density at radius 2 is 1.87 bits per heavy atom. The first-order valence-electron chi connectivity index (χ1n) is 8.98. The predicted molar refractivity (Wildman–Crippen MR) is 107 cm³/mol. The lowest BCUT2D eigenvalue weighted by molar-refractivity contribution is -0.227. The first-order chi connectivity index (χ1) is 14.0. The normalized spacial score (nSPS) is 17.2. The maximum absolute atomic E-state index is 13.6. The minimum atomic E-state index is -4.66. The van der Waals surface area contributed by atoms with Crippen LogP contribution in [0.15, 0.2) is 52.6 Å². The molecule has 0 spiro atoms. The van der Waals surface area contributed by atoms with Gasteiger partial charge >= 0.3 is 6.30 Å². The highest BCUT2D eigenvalue weighted by molar-refractivity contribution is 7.90. The van der Waals surface area contributed by atoms with Crippen molar-refractivity contribution in [3.8, 4) is 5.69 Å². The van der Waals surface area contributed by atoms with E-state index in [1.807, 2.05) is 0 Å². The van der Waals surface area contributed by atoms with Gasteiger partial charge in [0.1, 0.15) is 6.17 Å². The van der Waals surface area contributed by atoms with E-state index in [1.54, 1.807) is 26.0 Å². The molecule has 2 N–H and O–H groups in total. The Labute approximate surface area is 172 Å². The average molecular weight is 442 g/mol. The van der Waals surface area contributed by atoms with Gasteiger partial charge in [0.25, 0.3) is 0 Å². The second-order valence-corrected chi connectivity index (χ2v) is 8.60. The number of nitrogens with zero attached hydrogens (tertiary/aromatic N) is 4. The number of guanidine groups is 1. The molecule has 8 nitrogen and oxygen atoms in total. The van der Waals surface area contributed by atoms with E-state index in [0.29, 0.717) is 23.6 Å². The second kappa shape index (κ2) is 8.11. The zero-order valence-electron chi connectivity index (χ0n) is 16.5. The van der Waals surface area contributed by atoms with Gasteiger partial charge in [-0.1, -0.05) is 6.92 Å². The molecule has 1 aromatic heterocycles. The molecule has 162 valence electrons.